The van der Waals surface area contributed by atoms with Crippen LogP contribution >= 0.6 is 24.0 Å². The number of hydrogen-bond acceptors (Lipinski definition) is 7. The van der Waals surface area contributed by atoms with E-state index < -0.39 is 29.3 Å². The van der Waals surface area contributed by atoms with E-state index in [0.29, 0.717) is 16.8 Å². The molecule has 0 radical (unpaired) electrons. The van der Waals surface area contributed by atoms with Gasteiger partial charge >= 0.3 is 5.97 Å². The lowest BCUT2D eigenvalue weighted by Gasteiger charge is -2.17. The van der Waals surface area contributed by atoms with Crippen LogP contribution in [0.15, 0.2) is 53.4 Å². The lowest BCUT2D eigenvalue weighted by Crippen LogP contribution is -2.33. The molecule has 2 amide bonds. The predicted octanol–water partition coefficient (Wildman–Crippen LogP) is 2.80. The summed E-state index contributed by atoms with van der Waals surface area (Å²) in [7, 11) is 0. The summed E-state index contributed by atoms with van der Waals surface area (Å²) in [5.74, 6) is -2.38. The van der Waals surface area contributed by atoms with Crippen LogP contribution in [0.4, 0.5) is 11.4 Å². The largest absolute Gasteiger partial charge is 0.480 e. The summed E-state index contributed by atoms with van der Waals surface area (Å²) in [6.07, 6.45) is 0. The van der Waals surface area contributed by atoms with E-state index in [1.807, 2.05) is 0 Å². The van der Waals surface area contributed by atoms with Crippen LogP contribution < -0.4 is 4.90 Å². The zero-order valence-electron chi connectivity index (χ0n) is 15.7. The lowest BCUT2D eigenvalue weighted by molar-refractivity contribution is -0.385. The minimum absolute atomic E-state index is 0.0498. The smallest absolute Gasteiger partial charge is 0.323 e. The highest BCUT2D eigenvalue weighted by Gasteiger charge is 2.42. The first-order chi connectivity index (χ1) is 14.8. The number of rotatable bonds is 5. The number of anilines is 1. The first-order valence-corrected chi connectivity index (χ1v) is 10.2. The van der Waals surface area contributed by atoms with Gasteiger partial charge in [-0.05, 0) is 6.07 Å². The number of carboxylic acid groups (broad SMARTS) is 1. The Morgan fingerprint density at radius 3 is 2.45 bits per heavy atom. The average Bonchev–Trinajstić information content (AvgIpc) is 3.16. The number of thiocarbonyl (C=S) groups is 1. The third-order valence-electron chi connectivity index (χ3n) is 4.81. The number of amides is 2. The summed E-state index contributed by atoms with van der Waals surface area (Å²) in [5, 5.41) is 20.4. The molecule has 0 aromatic heterocycles. The first-order valence-electron chi connectivity index (χ1n) is 8.93. The number of nitro groups is 1. The van der Waals surface area contributed by atoms with Crippen molar-refractivity contribution in [3.05, 3.63) is 74.7 Å². The van der Waals surface area contributed by atoms with Crippen molar-refractivity contribution in [1.82, 2.24) is 4.90 Å². The van der Waals surface area contributed by atoms with Crippen LogP contribution in [0, 0.1) is 10.1 Å². The van der Waals surface area contributed by atoms with Crippen LogP contribution in [0.1, 0.15) is 11.1 Å². The molecule has 0 unspecified atom stereocenters. The van der Waals surface area contributed by atoms with Crippen LogP contribution in [0.3, 0.4) is 0 Å². The number of para-hydroxylation sites is 2. The molecular formula is C20H13N3O6S2. The summed E-state index contributed by atoms with van der Waals surface area (Å²) in [6.45, 7) is -0.664. The highest BCUT2D eigenvalue weighted by Crippen LogP contribution is 2.45. The Labute approximate surface area is 185 Å². The topological polar surface area (TPSA) is 121 Å². The van der Waals surface area contributed by atoms with Gasteiger partial charge in [0.25, 0.3) is 17.5 Å². The van der Waals surface area contributed by atoms with Crippen LogP contribution in [-0.2, 0) is 20.9 Å². The second kappa shape index (κ2) is 7.93. The predicted molar refractivity (Wildman–Crippen MR) is 117 cm³/mol. The van der Waals surface area contributed by atoms with Gasteiger partial charge in [-0.1, -0.05) is 60.4 Å². The van der Waals surface area contributed by atoms with Crippen molar-refractivity contribution in [2.45, 2.75) is 6.54 Å². The number of nitrogens with zero attached hydrogens (tertiary/aromatic N) is 3. The van der Waals surface area contributed by atoms with Crippen molar-refractivity contribution < 1.29 is 24.4 Å². The van der Waals surface area contributed by atoms with E-state index in [1.165, 1.54) is 11.0 Å². The minimum Gasteiger partial charge on any atom is -0.480 e. The Morgan fingerprint density at radius 1 is 1.06 bits per heavy atom. The normalized spacial score (nSPS) is 18.0. The van der Waals surface area contributed by atoms with E-state index in [1.54, 1.807) is 42.5 Å². The summed E-state index contributed by atoms with van der Waals surface area (Å²) in [5.41, 5.74) is 1.33. The quantitative estimate of drug-likeness (QED) is 0.316. The second-order valence-corrected chi connectivity index (χ2v) is 8.30. The number of hydrogen-bond donors (Lipinski definition) is 1. The van der Waals surface area contributed by atoms with E-state index in [2.05, 4.69) is 0 Å². The molecule has 1 N–H and O–H groups in total. The number of carboxylic acids is 1. The monoisotopic (exact) mass is 455 g/mol. The molecule has 2 heterocycles. The molecule has 2 aliphatic heterocycles. The fourth-order valence-corrected chi connectivity index (χ4v) is 4.80. The number of nitro benzene ring substituents is 1. The SMILES string of the molecule is O=C(O)CN1C(=O)/C(=C2\C(=O)N(Cc3ccccc3[N+](=O)[O-])c3ccccc32)SC1=S. The van der Waals surface area contributed by atoms with Crippen molar-refractivity contribution in [3.63, 3.8) is 0 Å². The Morgan fingerprint density at radius 2 is 1.74 bits per heavy atom. The molecule has 2 aliphatic rings. The molecule has 0 saturated carbocycles. The van der Waals surface area contributed by atoms with E-state index in [-0.39, 0.29) is 27.0 Å². The molecule has 1 fully saturated rings. The van der Waals surface area contributed by atoms with Crippen LogP contribution in [-0.4, -0.2) is 43.6 Å². The van der Waals surface area contributed by atoms with Gasteiger partial charge in [-0.15, -0.1) is 0 Å². The zero-order valence-corrected chi connectivity index (χ0v) is 17.3. The fourth-order valence-electron chi connectivity index (χ4n) is 3.47. The molecule has 0 bridgehead atoms. The maximum absolute atomic E-state index is 13.4. The number of aliphatic carboxylic acids is 1. The molecule has 2 aromatic rings. The first kappa shape index (κ1) is 20.7. The van der Waals surface area contributed by atoms with E-state index in [0.717, 1.165) is 16.7 Å². The van der Waals surface area contributed by atoms with Gasteiger partial charge in [-0.2, -0.15) is 0 Å². The highest BCUT2D eigenvalue weighted by atomic mass is 32.2. The van der Waals surface area contributed by atoms with Gasteiger partial charge in [-0.25, -0.2) is 0 Å². The number of thioether (sulfide) groups is 1. The molecule has 11 heteroatoms. The third-order valence-corrected chi connectivity index (χ3v) is 6.26. The average molecular weight is 455 g/mol. The van der Waals surface area contributed by atoms with Crippen molar-refractivity contribution in [3.8, 4) is 0 Å². The molecule has 2 aromatic carbocycles. The summed E-state index contributed by atoms with van der Waals surface area (Å²) < 4.78 is 0.0531. The van der Waals surface area contributed by atoms with Gasteiger partial charge in [0.15, 0.2) is 0 Å². The zero-order chi connectivity index (χ0) is 22.3. The van der Waals surface area contributed by atoms with Gasteiger partial charge < -0.3 is 10.0 Å². The third kappa shape index (κ3) is 3.57. The Kier molecular flexibility index (Phi) is 5.29. The van der Waals surface area contributed by atoms with Crippen molar-refractivity contribution in [1.29, 1.82) is 0 Å². The van der Waals surface area contributed by atoms with Gasteiger partial charge in [0.2, 0.25) is 0 Å². The molecule has 4 rings (SSSR count). The maximum atomic E-state index is 13.4. The maximum Gasteiger partial charge on any atom is 0.323 e. The number of fused-ring (bicyclic) bond motifs is 1. The molecule has 31 heavy (non-hydrogen) atoms. The molecule has 0 aliphatic carbocycles. The Hall–Kier alpha value is -3.57. The Bertz CT molecular complexity index is 1210. The van der Waals surface area contributed by atoms with Crippen LogP contribution in [0.25, 0.3) is 5.57 Å². The molecule has 9 nitrogen and oxygen atoms in total. The van der Waals surface area contributed by atoms with Gasteiger partial charge in [0.1, 0.15) is 10.9 Å². The van der Waals surface area contributed by atoms with Gasteiger partial charge in [-0.3, -0.25) is 29.4 Å². The lowest BCUT2D eigenvalue weighted by atomic mass is 10.1. The van der Waals surface area contributed by atoms with E-state index in [9.17, 15) is 24.5 Å². The van der Waals surface area contributed by atoms with Crippen molar-refractivity contribution >= 4 is 63.0 Å². The van der Waals surface area contributed by atoms with E-state index >= 15 is 0 Å². The number of carbonyl (C=O) groups is 3. The van der Waals surface area contributed by atoms with Gasteiger partial charge in [0.05, 0.1) is 27.6 Å². The van der Waals surface area contributed by atoms with Crippen molar-refractivity contribution in [2.24, 2.45) is 0 Å². The van der Waals surface area contributed by atoms with Crippen LogP contribution in [0.2, 0.25) is 0 Å². The van der Waals surface area contributed by atoms with Crippen LogP contribution in [0.5, 0.6) is 0 Å². The summed E-state index contributed by atoms with van der Waals surface area (Å²) in [4.78, 5) is 50.5. The molecule has 0 atom stereocenters. The number of carbonyl (C=O) groups excluding carboxylic acids is 2. The Balaban J connectivity index is 1.79. The molecule has 156 valence electrons. The molecule has 1 saturated heterocycles. The summed E-state index contributed by atoms with van der Waals surface area (Å²) in [6, 6.07) is 12.9. The molecular weight excluding hydrogens is 442 g/mol. The van der Waals surface area contributed by atoms with E-state index in [4.69, 9.17) is 17.3 Å². The number of benzene rings is 2. The fraction of sp³-hybridized carbons (Fsp3) is 0.100. The van der Waals surface area contributed by atoms with Crippen molar-refractivity contribution in [2.75, 3.05) is 11.4 Å². The standard InChI is InChI=1S/C20H13N3O6S2/c24-15(25)10-22-19(27)17(31-20(22)30)16-12-6-2-4-8-14(12)21(18(16)26)9-11-5-1-3-7-13(11)23(28)29/h1-8H,9-10H2,(H,24,25)/b17-16+. The molecule has 0 spiro atoms. The highest BCUT2D eigenvalue weighted by molar-refractivity contribution is 8.26. The second-order valence-electron chi connectivity index (χ2n) is 6.65. The minimum atomic E-state index is -1.22. The van der Waals surface area contributed by atoms with Gasteiger partial charge in [0, 0.05) is 17.2 Å². The summed E-state index contributed by atoms with van der Waals surface area (Å²) >= 11 is 6.01.